The number of hydrogen-bond acceptors (Lipinski definition) is 27. The molecule has 11 atom stereocenters. The second-order valence-corrected chi connectivity index (χ2v) is 23.7. The molecule has 1 aliphatic rings. The summed E-state index contributed by atoms with van der Waals surface area (Å²) in [6.07, 6.45) is -5.80. The maximum atomic E-state index is 13.8. The van der Waals surface area contributed by atoms with E-state index < -0.39 is 99.9 Å². The highest BCUT2D eigenvalue weighted by molar-refractivity contribution is 7.98. The molecule has 1 aliphatic heterocycles. The molecule has 6 aromatic heterocycles. The molecule has 81 heavy (non-hydrogen) atoms. The van der Waals surface area contributed by atoms with E-state index in [1.165, 1.54) is 60.4 Å². The fraction of sp³-hybridized carbons (Fsp3) is 0.357. The van der Waals surface area contributed by atoms with E-state index in [-0.39, 0.29) is 58.2 Å². The number of ether oxygens (including phenoxy) is 4. The van der Waals surface area contributed by atoms with Gasteiger partial charge in [-0.3, -0.25) is 42.3 Å². The van der Waals surface area contributed by atoms with Crippen molar-refractivity contribution in [2.24, 2.45) is 0 Å². The predicted molar refractivity (Wildman–Crippen MR) is 289 cm³/mol. The Morgan fingerprint density at radius 3 is 2.37 bits per heavy atom. The van der Waals surface area contributed by atoms with Gasteiger partial charge in [-0.2, -0.15) is 4.98 Å². The zero-order chi connectivity index (χ0) is 57.9. The number of thioether (sulfide) groups is 1. The Morgan fingerprint density at radius 2 is 1.67 bits per heavy atom. The van der Waals surface area contributed by atoms with Gasteiger partial charge in [-0.15, -0.1) is 0 Å². The third-order valence-electron chi connectivity index (χ3n) is 12.1. The number of aromatic amines is 2. The number of imidazole rings is 3. The number of benzene rings is 2. The van der Waals surface area contributed by atoms with Crippen molar-refractivity contribution in [2.75, 3.05) is 58.4 Å². The fourth-order valence-electron chi connectivity index (χ4n) is 8.34. The lowest BCUT2D eigenvalue weighted by molar-refractivity contribution is -0.116. The maximum absolute atomic E-state index is 13.8. The van der Waals surface area contributed by atoms with Gasteiger partial charge in [0.15, 0.2) is 51.4 Å². The molecule has 1 saturated heterocycles. The van der Waals surface area contributed by atoms with Crippen LogP contribution in [0.15, 0.2) is 82.3 Å². The number of hydrogen-bond donors (Lipinski definition) is 10. The monoisotopic (exact) mass is 1240 g/mol. The topological polar surface area (TPSA) is 447 Å². The van der Waals surface area contributed by atoms with E-state index >= 15 is 0 Å². The molecule has 0 radical (unpaired) electrons. The molecule has 0 aliphatic carbocycles. The number of nitrogens with one attached hydrogen (secondary N) is 3. The van der Waals surface area contributed by atoms with Crippen molar-refractivity contribution in [3.8, 4) is 17.1 Å². The summed E-state index contributed by atoms with van der Waals surface area (Å²) >= 11 is 7.21. The minimum atomic E-state index is -5.30. The van der Waals surface area contributed by atoms with Gasteiger partial charge in [0.1, 0.15) is 60.5 Å². The van der Waals surface area contributed by atoms with E-state index in [2.05, 4.69) is 50.2 Å². The van der Waals surface area contributed by atoms with Crippen LogP contribution in [-0.2, 0) is 52.1 Å². The average molecular weight is 1250 g/mol. The Morgan fingerprint density at radius 1 is 0.926 bits per heavy atom. The van der Waals surface area contributed by atoms with Crippen molar-refractivity contribution in [3.63, 3.8) is 0 Å². The zero-order valence-electron chi connectivity index (χ0n) is 42.3. The van der Waals surface area contributed by atoms with Gasteiger partial charge in [-0.25, -0.2) is 43.1 Å². The Hall–Kier alpha value is -5.51. The van der Waals surface area contributed by atoms with Gasteiger partial charge in [0.05, 0.1) is 37.7 Å². The number of phosphoric ester groups is 1. The first-order valence-corrected chi connectivity index (χ1v) is 30.3. The number of nitrogens with two attached hydrogens (primary N) is 1. The van der Waals surface area contributed by atoms with Crippen LogP contribution in [0.4, 0.5) is 11.8 Å². The van der Waals surface area contributed by atoms with Gasteiger partial charge in [0.25, 0.3) is 11.1 Å². The molecule has 7 heterocycles. The Kier molecular flexibility index (Phi) is 19.0. The molecule has 11 unspecified atom stereocenters. The highest BCUT2D eigenvalue weighted by atomic mass is 35.5. The smallest absolute Gasteiger partial charge is 0.472 e. The van der Waals surface area contributed by atoms with Crippen molar-refractivity contribution >= 4 is 107 Å². The number of anilines is 2. The molecule has 0 amide bonds. The van der Waals surface area contributed by atoms with Gasteiger partial charge >= 0.3 is 32.6 Å². The summed E-state index contributed by atoms with van der Waals surface area (Å²) in [5, 5.41) is 25.6. The fourth-order valence-corrected chi connectivity index (χ4v) is 12.8. The predicted octanol–water partition coefficient (Wildman–Crippen LogP) is 2.42. The summed E-state index contributed by atoms with van der Waals surface area (Å²) in [5.74, 6) is 0.817. The summed E-state index contributed by atoms with van der Waals surface area (Å²) in [4.78, 5) is 104. The van der Waals surface area contributed by atoms with Gasteiger partial charge in [-0.1, -0.05) is 35.5 Å². The van der Waals surface area contributed by atoms with Crippen LogP contribution in [0.25, 0.3) is 44.9 Å². The molecule has 0 saturated carbocycles. The van der Waals surface area contributed by atoms with Crippen molar-refractivity contribution in [1.82, 2.24) is 58.6 Å². The lowest BCUT2D eigenvalue weighted by Gasteiger charge is -2.28. The minimum Gasteiger partial charge on any atom is -0.492 e. The van der Waals surface area contributed by atoms with Gasteiger partial charge in [0.2, 0.25) is 5.95 Å². The number of rotatable bonds is 26. The second-order valence-electron chi connectivity index (χ2n) is 17.0. The lowest BCUT2D eigenvalue weighted by atomic mass is 10.1. The quantitative estimate of drug-likeness (QED) is 0.0211. The normalized spacial score (nSPS) is 20.0. The molecular formula is C42H49ClN14O19P4S. The maximum Gasteiger partial charge on any atom is 0.472 e. The van der Waals surface area contributed by atoms with Crippen LogP contribution in [0.5, 0.6) is 5.75 Å². The summed E-state index contributed by atoms with van der Waals surface area (Å²) in [6.45, 7) is -1.44. The van der Waals surface area contributed by atoms with Crippen LogP contribution in [-0.4, -0.2) is 166 Å². The largest absolute Gasteiger partial charge is 0.492 e. The van der Waals surface area contributed by atoms with E-state index in [1.54, 1.807) is 42.1 Å². The van der Waals surface area contributed by atoms with Crippen LogP contribution in [0.3, 0.4) is 0 Å². The lowest BCUT2D eigenvalue weighted by Crippen LogP contribution is -2.40. The number of aliphatic hydroxyl groups excluding tert-OH is 2. The molecule has 2 aromatic carbocycles. The number of aliphatic hydroxyl groups is 2. The number of nitrogens with zero attached hydrogens (tertiary/aromatic N) is 10. The summed E-state index contributed by atoms with van der Waals surface area (Å²) in [5.41, 5.74) is 5.23. The third-order valence-corrected chi connectivity index (χ3v) is 17.8. The summed E-state index contributed by atoms with van der Waals surface area (Å²) in [6, 6.07) is 12.0. The van der Waals surface area contributed by atoms with E-state index in [1.807, 2.05) is 0 Å². The van der Waals surface area contributed by atoms with Crippen molar-refractivity contribution in [2.45, 2.75) is 54.7 Å². The van der Waals surface area contributed by atoms with Gasteiger partial charge in [-0.05, 0) is 42.7 Å². The first-order chi connectivity index (χ1) is 38.7. The highest BCUT2D eigenvalue weighted by Gasteiger charge is 2.51. The molecule has 11 N–H and O–H groups in total. The summed E-state index contributed by atoms with van der Waals surface area (Å²) < 4.78 is 80.9. The van der Waals surface area contributed by atoms with Crippen molar-refractivity contribution in [3.05, 3.63) is 93.2 Å². The van der Waals surface area contributed by atoms with Gasteiger partial charge < -0.3 is 68.9 Å². The minimum absolute atomic E-state index is 0.0943. The van der Waals surface area contributed by atoms with E-state index in [0.29, 0.717) is 32.8 Å². The summed E-state index contributed by atoms with van der Waals surface area (Å²) in [7, 11) is -12.9. The van der Waals surface area contributed by atoms with E-state index in [0.717, 1.165) is 18.0 Å². The molecule has 0 bridgehead atoms. The van der Waals surface area contributed by atoms with Crippen molar-refractivity contribution in [1.29, 1.82) is 0 Å². The average Bonchev–Trinajstić information content (AvgIpc) is 4.27. The molecule has 434 valence electrons. The third kappa shape index (κ3) is 13.3. The first-order valence-electron chi connectivity index (χ1n) is 23.4. The van der Waals surface area contributed by atoms with E-state index in [9.17, 15) is 48.5 Å². The molecule has 8 aromatic rings. The van der Waals surface area contributed by atoms with Crippen LogP contribution >= 0.6 is 56.0 Å². The molecule has 9 rings (SSSR count). The molecule has 39 heteroatoms. The molecule has 33 nitrogen and oxygen atoms in total. The first kappa shape index (κ1) is 60.1. The van der Waals surface area contributed by atoms with Crippen LogP contribution in [0, 0.1) is 0 Å². The number of fused-ring (bicyclic) bond motifs is 3. The Bertz CT molecular complexity index is 3730. The molecular weight excluding hydrogens is 1200 g/mol. The number of aromatic nitrogens is 12. The SMILES string of the molecule is CNc1ncnc2c1ncn2C1OC(COP(O)OP(O)OP(=O)(O)c2ccc(-c3nc4nc(SC)[nH]c(=O)c4n3CCOc3ccc(Cl)cc3)cc2)C(OP(=O)(O)OCC(OC)C(O)C(O)n2cnc3c(=O)[nH]c(N)nc32)C1OC. The molecule has 0 spiro atoms. The number of H-pyrrole nitrogens is 2. The Labute approximate surface area is 466 Å². The second kappa shape index (κ2) is 25.5. The standard InChI is InChI=1S/C42H49ClN14O19P4S/c1-45-32-26-35(47-17-46-32)57(19-48-26)40-31(69-3)30(74-80(66,67)72-16-24(68-2)29(58)39(61)56-18-49-27-36(56)52-41(44)53-37(27)59)25(73-40)15-71-77(62)75-78(63)76-79(64,65)23-11-5-20(6-12-23)34-50-33-28(38(60)54-42(51-33)81-4)55(34)13-14-70-22-9-7-21(43)8-10-22/h5-12,17-19,24-25,29-31,39-40,58,61-63H,13-16H2,1-4H3,(H,64,65)(H,66,67)(H,45,46,47)(H,51,54,60)(H3,44,52,53,59). The van der Waals surface area contributed by atoms with Crippen molar-refractivity contribution < 1.29 is 80.1 Å². The van der Waals surface area contributed by atoms with Gasteiger partial charge in [0, 0.05) is 31.9 Å². The van der Waals surface area contributed by atoms with Crippen LogP contribution in [0.2, 0.25) is 5.02 Å². The highest BCUT2D eigenvalue weighted by Crippen LogP contribution is 2.60. The Balaban J connectivity index is 0.871. The zero-order valence-corrected chi connectivity index (χ0v) is 47.5. The number of nitrogen functional groups attached to an aromatic ring is 1. The van der Waals surface area contributed by atoms with Crippen LogP contribution in [0.1, 0.15) is 12.5 Å². The van der Waals surface area contributed by atoms with E-state index in [4.69, 9.17) is 58.5 Å². The number of methoxy groups -OCH3 is 2. The number of phosphoric acid groups is 1. The number of halogens is 1. The van der Waals surface area contributed by atoms with Crippen LogP contribution < -0.4 is 32.2 Å². The molecule has 1 fully saturated rings.